The Morgan fingerprint density at radius 3 is 2.00 bits per heavy atom. The van der Waals surface area contributed by atoms with Gasteiger partial charge >= 0.3 is 0 Å². The van der Waals surface area contributed by atoms with E-state index < -0.39 is 10.2 Å². The van der Waals surface area contributed by atoms with Crippen LogP contribution in [0.4, 0.5) is 0 Å². The van der Waals surface area contributed by atoms with Crippen molar-refractivity contribution in [1.29, 1.82) is 0 Å². The quantitative estimate of drug-likeness (QED) is 0.844. The molecule has 1 aliphatic rings. The van der Waals surface area contributed by atoms with Gasteiger partial charge < -0.3 is 5.73 Å². The van der Waals surface area contributed by atoms with Crippen LogP contribution in [-0.2, 0) is 10.2 Å². The highest BCUT2D eigenvalue weighted by Gasteiger charge is 2.32. The van der Waals surface area contributed by atoms with Gasteiger partial charge in [0.1, 0.15) is 0 Å². The molecule has 0 amide bonds. The van der Waals surface area contributed by atoms with Crippen LogP contribution in [0.15, 0.2) is 0 Å². The number of piperidine rings is 1. The van der Waals surface area contributed by atoms with Gasteiger partial charge in [-0.1, -0.05) is 0 Å². The topological polar surface area (TPSA) is 66.6 Å². The summed E-state index contributed by atoms with van der Waals surface area (Å²) < 4.78 is 27.5. The second kappa shape index (κ2) is 7.05. The summed E-state index contributed by atoms with van der Waals surface area (Å²) >= 11 is 0. The first-order valence-electron chi connectivity index (χ1n) is 6.25. The smallest absolute Gasteiger partial charge is 0.281 e. The molecule has 2 N–H and O–H groups in total. The fourth-order valence-corrected chi connectivity index (χ4v) is 3.65. The Balaban J connectivity index is 0.00000289. The number of hydrogen-bond acceptors (Lipinski definition) is 3. The van der Waals surface area contributed by atoms with Crippen molar-refractivity contribution in [3.8, 4) is 0 Å². The van der Waals surface area contributed by atoms with Crippen LogP contribution in [0.2, 0.25) is 0 Å². The van der Waals surface area contributed by atoms with Gasteiger partial charge in [0.05, 0.1) is 0 Å². The Kier molecular flexibility index (Phi) is 7.10. The van der Waals surface area contributed by atoms with Crippen molar-refractivity contribution in [2.45, 2.75) is 45.7 Å². The summed E-state index contributed by atoms with van der Waals surface area (Å²) in [6.07, 6.45) is 1.73. The van der Waals surface area contributed by atoms with Gasteiger partial charge in [-0.05, 0) is 39.5 Å². The molecule has 1 atom stereocenters. The van der Waals surface area contributed by atoms with Crippen molar-refractivity contribution in [2.24, 2.45) is 11.7 Å². The van der Waals surface area contributed by atoms with Crippen LogP contribution in [0.1, 0.15) is 33.6 Å². The minimum Gasteiger partial charge on any atom is -0.328 e. The zero-order valence-corrected chi connectivity index (χ0v) is 13.3. The molecule has 5 nitrogen and oxygen atoms in total. The molecule has 0 aromatic carbocycles. The highest BCUT2D eigenvalue weighted by Crippen LogP contribution is 2.23. The van der Waals surface area contributed by atoms with E-state index in [1.165, 1.54) is 4.31 Å². The molecule has 1 fully saturated rings. The first-order chi connectivity index (χ1) is 7.76. The average Bonchev–Trinajstić information content (AvgIpc) is 2.27. The Morgan fingerprint density at radius 1 is 1.22 bits per heavy atom. The molecule has 18 heavy (non-hydrogen) atoms. The van der Waals surface area contributed by atoms with E-state index in [9.17, 15) is 8.42 Å². The average molecular weight is 300 g/mol. The summed E-state index contributed by atoms with van der Waals surface area (Å²) in [7, 11) is -1.65. The molecule has 0 spiro atoms. The maximum absolute atomic E-state index is 12.2. The number of rotatable bonds is 4. The Labute approximate surface area is 117 Å². The Bertz CT molecular complexity index is 338. The molecule has 1 saturated heterocycles. The highest BCUT2D eigenvalue weighted by atomic mass is 35.5. The highest BCUT2D eigenvalue weighted by molar-refractivity contribution is 7.86. The number of hydrogen-bond donors (Lipinski definition) is 1. The molecule has 0 radical (unpaired) electrons. The second-order valence-corrected chi connectivity index (χ2v) is 7.20. The predicted molar refractivity (Wildman–Crippen MR) is 77.0 cm³/mol. The summed E-state index contributed by atoms with van der Waals surface area (Å²) in [4.78, 5) is 0. The van der Waals surface area contributed by atoms with Crippen molar-refractivity contribution in [3.05, 3.63) is 0 Å². The second-order valence-electron chi connectivity index (χ2n) is 5.21. The molecule has 110 valence electrons. The molecule has 0 aliphatic carbocycles. The van der Waals surface area contributed by atoms with E-state index in [1.807, 2.05) is 20.8 Å². The summed E-state index contributed by atoms with van der Waals surface area (Å²) in [5, 5.41) is 0. The molecule has 1 rings (SSSR count). The zero-order valence-electron chi connectivity index (χ0n) is 11.7. The molecule has 1 aliphatic heterocycles. The lowest BCUT2D eigenvalue weighted by Gasteiger charge is -2.36. The summed E-state index contributed by atoms with van der Waals surface area (Å²) in [5.41, 5.74) is 5.85. The molecule has 0 bridgehead atoms. The zero-order chi connectivity index (χ0) is 13.2. The minimum atomic E-state index is -3.28. The van der Waals surface area contributed by atoms with E-state index in [2.05, 4.69) is 0 Å². The van der Waals surface area contributed by atoms with E-state index in [0.29, 0.717) is 19.0 Å². The van der Waals surface area contributed by atoms with Gasteiger partial charge in [-0.15, -0.1) is 12.4 Å². The van der Waals surface area contributed by atoms with E-state index in [-0.39, 0.29) is 24.5 Å². The third-order valence-corrected chi connectivity index (χ3v) is 5.83. The van der Waals surface area contributed by atoms with E-state index in [0.717, 1.165) is 12.8 Å². The van der Waals surface area contributed by atoms with Gasteiger partial charge in [0, 0.05) is 32.2 Å². The van der Waals surface area contributed by atoms with Crippen LogP contribution in [0.3, 0.4) is 0 Å². The molecular weight excluding hydrogens is 274 g/mol. The first kappa shape index (κ1) is 18.1. The molecule has 0 aromatic rings. The standard InChI is InChI=1S/C11H25N3O2S.ClH/c1-9(2)13(4)17(15,16)14-7-5-11(6-8-14)10(3)12;/h9-11H,5-8,12H2,1-4H3;1H. The fraction of sp³-hybridized carbons (Fsp3) is 1.00. The molecule has 0 aromatic heterocycles. The van der Waals surface area contributed by atoms with E-state index in [1.54, 1.807) is 11.4 Å². The number of halogens is 1. The van der Waals surface area contributed by atoms with Gasteiger partial charge in [0.15, 0.2) is 0 Å². The van der Waals surface area contributed by atoms with E-state index in [4.69, 9.17) is 5.73 Å². The Hall–Kier alpha value is 0.120. The van der Waals surface area contributed by atoms with Crippen LogP contribution in [0.5, 0.6) is 0 Å². The van der Waals surface area contributed by atoms with Crippen molar-refractivity contribution in [3.63, 3.8) is 0 Å². The normalized spacial score (nSPS) is 21.1. The SMILES string of the molecule is CC(N)C1CCN(S(=O)(=O)N(C)C(C)C)CC1.Cl. The number of nitrogens with two attached hydrogens (primary N) is 1. The van der Waals surface area contributed by atoms with E-state index >= 15 is 0 Å². The molecule has 7 heteroatoms. The lowest BCUT2D eigenvalue weighted by molar-refractivity contribution is 0.235. The van der Waals surface area contributed by atoms with Crippen molar-refractivity contribution < 1.29 is 8.42 Å². The Morgan fingerprint density at radius 2 is 1.67 bits per heavy atom. The van der Waals surface area contributed by atoms with Crippen LogP contribution >= 0.6 is 12.4 Å². The maximum atomic E-state index is 12.2. The van der Waals surface area contributed by atoms with Gasteiger partial charge in [0.25, 0.3) is 10.2 Å². The predicted octanol–water partition coefficient (Wildman–Crippen LogP) is 1.05. The molecule has 1 heterocycles. The minimum absolute atomic E-state index is 0. The number of nitrogens with zero attached hydrogens (tertiary/aromatic N) is 2. The van der Waals surface area contributed by atoms with Crippen LogP contribution < -0.4 is 5.73 Å². The first-order valence-corrected chi connectivity index (χ1v) is 7.65. The van der Waals surface area contributed by atoms with Gasteiger partial charge in [-0.2, -0.15) is 17.0 Å². The molecular formula is C11H26ClN3O2S. The maximum Gasteiger partial charge on any atom is 0.281 e. The van der Waals surface area contributed by atoms with Gasteiger partial charge in [-0.3, -0.25) is 0 Å². The van der Waals surface area contributed by atoms with Crippen molar-refractivity contribution in [2.75, 3.05) is 20.1 Å². The van der Waals surface area contributed by atoms with Crippen LogP contribution in [0.25, 0.3) is 0 Å². The van der Waals surface area contributed by atoms with Crippen LogP contribution in [-0.4, -0.2) is 49.2 Å². The largest absolute Gasteiger partial charge is 0.328 e. The monoisotopic (exact) mass is 299 g/mol. The summed E-state index contributed by atoms with van der Waals surface area (Å²) in [6.45, 7) is 6.94. The molecule has 1 unspecified atom stereocenters. The van der Waals surface area contributed by atoms with Crippen molar-refractivity contribution in [1.82, 2.24) is 8.61 Å². The van der Waals surface area contributed by atoms with Gasteiger partial charge in [-0.25, -0.2) is 0 Å². The lowest BCUT2D eigenvalue weighted by Crippen LogP contribution is -2.49. The van der Waals surface area contributed by atoms with Crippen molar-refractivity contribution >= 4 is 22.6 Å². The van der Waals surface area contributed by atoms with Gasteiger partial charge in [0.2, 0.25) is 0 Å². The summed E-state index contributed by atoms with van der Waals surface area (Å²) in [5.74, 6) is 0.450. The lowest BCUT2D eigenvalue weighted by atomic mass is 9.92. The molecule has 0 saturated carbocycles. The third kappa shape index (κ3) is 4.06. The third-order valence-electron chi connectivity index (χ3n) is 3.66. The van der Waals surface area contributed by atoms with Crippen LogP contribution in [0, 0.1) is 5.92 Å². The fourth-order valence-electron chi connectivity index (χ4n) is 2.08. The summed E-state index contributed by atoms with van der Waals surface area (Å²) in [6, 6.07) is 0.147.